The van der Waals surface area contributed by atoms with Gasteiger partial charge in [-0.05, 0) is 36.5 Å². The van der Waals surface area contributed by atoms with Crippen LogP contribution in [-0.4, -0.2) is 24.3 Å². The van der Waals surface area contributed by atoms with Gasteiger partial charge < -0.3 is 15.7 Å². The smallest absolute Gasteiger partial charge is 0.315 e. The minimum Gasteiger partial charge on any atom is -0.396 e. The number of carbonyl (C=O) groups is 1. The molecule has 0 radical (unpaired) electrons. The van der Waals surface area contributed by atoms with Gasteiger partial charge in [0.05, 0.1) is 6.04 Å². The molecule has 2 aromatic rings. The predicted octanol–water partition coefficient (Wildman–Crippen LogP) is 3.70. The van der Waals surface area contributed by atoms with E-state index in [1.165, 1.54) is 0 Å². The van der Waals surface area contributed by atoms with E-state index in [9.17, 15) is 4.79 Å². The molecule has 2 rings (SSSR count). The van der Waals surface area contributed by atoms with Crippen molar-refractivity contribution in [3.63, 3.8) is 0 Å². The van der Waals surface area contributed by atoms with Crippen LogP contribution in [0.2, 0.25) is 5.02 Å². The summed E-state index contributed by atoms with van der Waals surface area (Å²) < 4.78 is 0. The third-order valence-corrected chi connectivity index (χ3v) is 4.16. The summed E-state index contributed by atoms with van der Waals surface area (Å²) in [7, 11) is 0. The first-order valence-electron chi connectivity index (χ1n) is 8.14. The Hall–Kier alpha value is -2.04. The van der Waals surface area contributed by atoms with Gasteiger partial charge in [-0.15, -0.1) is 0 Å². The van der Waals surface area contributed by atoms with E-state index < -0.39 is 0 Å². The summed E-state index contributed by atoms with van der Waals surface area (Å²) in [6.07, 6.45) is 2.01. The third kappa shape index (κ3) is 5.87. The standard InChI is InChI=1S/C19H23ClN2O2/c20-17-10-5-4-7-15(17)12-13-21-19(24)22-18(11-6-14-23)16-8-2-1-3-9-16/h1-5,7-10,18,23H,6,11-14H2,(H2,21,22,24). The van der Waals surface area contributed by atoms with Gasteiger partial charge in [0.25, 0.3) is 0 Å². The second-order valence-electron chi connectivity index (χ2n) is 5.57. The van der Waals surface area contributed by atoms with Gasteiger partial charge in [0.15, 0.2) is 0 Å². The molecule has 24 heavy (non-hydrogen) atoms. The van der Waals surface area contributed by atoms with Crippen molar-refractivity contribution in [2.24, 2.45) is 0 Å². The highest BCUT2D eigenvalue weighted by molar-refractivity contribution is 6.31. The zero-order valence-corrected chi connectivity index (χ0v) is 14.3. The molecular formula is C19H23ClN2O2. The van der Waals surface area contributed by atoms with Crippen LogP contribution in [0.4, 0.5) is 4.79 Å². The quantitative estimate of drug-likeness (QED) is 0.682. The zero-order valence-electron chi connectivity index (χ0n) is 13.5. The number of aliphatic hydroxyl groups excluding tert-OH is 1. The Balaban J connectivity index is 1.85. The Labute approximate surface area is 147 Å². The van der Waals surface area contributed by atoms with Crippen LogP contribution in [0.15, 0.2) is 54.6 Å². The number of rotatable bonds is 8. The normalized spacial score (nSPS) is 11.8. The molecule has 0 spiro atoms. The number of nitrogens with one attached hydrogen (secondary N) is 2. The van der Waals surface area contributed by atoms with Crippen LogP contribution in [0, 0.1) is 0 Å². The van der Waals surface area contributed by atoms with Crippen molar-refractivity contribution in [1.29, 1.82) is 0 Å². The van der Waals surface area contributed by atoms with Crippen LogP contribution in [-0.2, 0) is 6.42 Å². The SMILES string of the molecule is O=C(NCCc1ccccc1Cl)NC(CCCO)c1ccccc1. The molecule has 0 aliphatic heterocycles. The first kappa shape index (κ1) is 18.3. The topological polar surface area (TPSA) is 61.4 Å². The molecule has 0 heterocycles. The Bertz CT molecular complexity index is 634. The lowest BCUT2D eigenvalue weighted by Crippen LogP contribution is -2.39. The number of carbonyl (C=O) groups excluding carboxylic acids is 1. The summed E-state index contributed by atoms with van der Waals surface area (Å²) in [4.78, 5) is 12.1. The number of amides is 2. The largest absolute Gasteiger partial charge is 0.396 e. The molecule has 1 unspecified atom stereocenters. The molecule has 2 amide bonds. The molecule has 128 valence electrons. The van der Waals surface area contributed by atoms with Crippen LogP contribution in [0.25, 0.3) is 0 Å². The Morgan fingerprint density at radius 1 is 1.08 bits per heavy atom. The van der Waals surface area contributed by atoms with Crippen LogP contribution < -0.4 is 10.6 Å². The third-order valence-electron chi connectivity index (χ3n) is 3.80. The van der Waals surface area contributed by atoms with E-state index in [2.05, 4.69) is 10.6 Å². The maximum absolute atomic E-state index is 12.1. The minimum atomic E-state index is -0.214. The molecule has 1 atom stereocenters. The average molecular weight is 347 g/mol. The van der Waals surface area contributed by atoms with Gasteiger partial charge in [-0.2, -0.15) is 0 Å². The second kappa shape index (κ2) is 9.96. The molecule has 0 saturated carbocycles. The van der Waals surface area contributed by atoms with E-state index in [-0.39, 0.29) is 18.7 Å². The highest BCUT2D eigenvalue weighted by Gasteiger charge is 2.13. The maximum atomic E-state index is 12.1. The summed E-state index contributed by atoms with van der Waals surface area (Å²) in [6.45, 7) is 0.621. The summed E-state index contributed by atoms with van der Waals surface area (Å²) >= 11 is 6.11. The molecule has 2 aromatic carbocycles. The Morgan fingerprint density at radius 2 is 1.79 bits per heavy atom. The van der Waals surface area contributed by atoms with E-state index >= 15 is 0 Å². The average Bonchev–Trinajstić information content (AvgIpc) is 2.61. The van der Waals surface area contributed by atoms with Crippen LogP contribution in [0.5, 0.6) is 0 Å². The van der Waals surface area contributed by atoms with Crippen LogP contribution in [0.3, 0.4) is 0 Å². The van der Waals surface area contributed by atoms with Crippen molar-refractivity contribution in [3.8, 4) is 0 Å². The van der Waals surface area contributed by atoms with E-state index in [1.54, 1.807) is 0 Å². The summed E-state index contributed by atoms with van der Waals surface area (Å²) in [5.74, 6) is 0. The molecule has 4 nitrogen and oxygen atoms in total. The predicted molar refractivity (Wildman–Crippen MR) is 97.2 cm³/mol. The van der Waals surface area contributed by atoms with E-state index in [4.69, 9.17) is 16.7 Å². The van der Waals surface area contributed by atoms with Gasteiger partial charge in [-0.25, -0.2) is 4.79 Å². The van der Waals surface area contributed by atoms with Crippen molar-refractivity contribution in [2.45, 2.75) is 25.3 Å². The van der Waals surface area contributed by atoms with Crippen molar-refractivity contribution in [1.82, 2.24) is 10.6 Å². The van der Waals surface area contributed by atoms with Gasteiger partial charge in [-0.1, -0.05) is 60.1 Å². The number of hydrogen-bond acceptors (Lipinski definition) is 2. The number of benzene rings is 2. The van der Waals surface area contributed by atoms with Crippen LogP contribution in [0.1, 0.15) is 30.0 Å². The number of halogens is 1. The second-order valence-corrected chi connectivity index (χ2v) is 5.98. The molecular weight excluding hydrogens is 324 g/mol. The van der Waals surface area contributed by atoms with Crippen LogP contribution >= 0.6 is 11.6 Å². The van der Waals surface area contributed by atoms with Gasteiger partial charge in [0, 0.05) is 18.2 Å². The van der Waals surface area contributed by atoms with Gasteiger partial charge in [0.2, 0.25) is 0 Å². The van der Waals surface area contributed by atoms with E-state index in [1.807, 2.05) is 54.6 Å². The van der Waals surface area contributed by atoms with E-state index in [0.29, 0.717) is 30.8 Å². The number of hydrogen-bond donors (Lipinski definition) is 3. The first-order chi connectivity index (χ1) is 11.7. The molecule has 0 bridgehead atoms. The summed E-state index contributed by atoms with van der Waals surface area (Å²) in [5.41, 5.74) is 2.05. The molecule has 0 aliphatic rings. The zero-order chi connectivity index (χ0) is 17.2. The van der Waals surface area contributed by atoms with Crippen molar-refractivity contribution in [3.05, 3.63) is 70.7 Å². The molecule has 0 aliphatic carbocycles. The number of urea groups is 1. The Morgan fingerprint density at radius 3 is 2.50 bits per heavy atom. The highest BCUT2D eigenvalue weighted by atomic mass is 35.5. The van der Waals surface area contributed by atoms with Gasteiger partial charge in [-0.3, -0.25) is 0 Å². The Kier molecular flexibility index (Phi) is 7.59. The minimum absolute atomic E-state index is 0.110. The maximum Gasteiger partial charge on any atom is 0.315 e. The molecule has 0 aromatic heterocycles. The fraction of sp³-hybridized carbons (Fsp3) is 0.316. The van der Waals surface area contributed by atoms with Gasteiger partial charge in [0.1, 0.15) is 0 Å². The molecule has 0 saturated heterocycles. The first-order valence-corrected chi connectivity index (χ1v) is 8.52. The van der Waals surface area contributed by atoms with Gasteiger partial charge >= 0.3 is 6.03 Å². The summed E-state index contributed by atoms with van der Waals surface area (Å²) in [6, 6.07) is 17.1. The molecule has 5 heteroatoms. The van der Waals surface area contributed by atoms with Crippen molar-refractivity contribution >= 4 is 17.6 Å². The molecule has 0 fully saturated rings. The number of aliphatic hydroxyl groups is 1. The van der Waals surface area contributed by atoms with Crippen molar-refractivity contribution < 1.29 is 9.90 Å². The lowest BCUT2D eigenvalue weighted by Gasteiger charge is -2.19. The lowest BCUT2D eigenvalue weighted by atomic mass is 10.0. The summed E-state index contributed by atoms with van der Waals surface area (Å²) in [5, 5.41) is 15.6. The molecule has 3 N–H and O–H groups in total. The fourth-order valence-electron chi connectivity index (χ4n) is 2.52. The van der Waals surface area contributed by atoms with Crippen molar-refractivity contribution in [2.75, 3.05) is 13.2 Å². The van der Waals surface area contributed by atoms with E-state index in [0.717, 1.165) is 11.1 Å². The fourth-order valence-corrected chi connectivity index (χ4v) is 2.75. The highest BCUT2D eigenvalue weighted by Crippen LogP contribution is 2.18. The lowest BCUT2D eigenvalue weighted by molar-refractivity contribution is 0.233. The monoisotopic (exact) mass is 346 g/mol.